The number of methoxy groups -OCH3 is 3. The largest absolute Gasteiger partial charge is 0.497 e. The van der Waals surface area contributed by atoms with Crippen molar-refractivity contribution in [2.75, 3.05) is 33.3 Å². The minimum atomic E-state index is -0.937. The van der Waals surface area contributed by atoms with E-state index in [1.54, 1.807) is 18.2 Å². The second-order valence-corrected chi connectivity index (χ2v) is 5.33. The third-order valence-electron chi connectivity index (χ3n) is 3.63. The number of nitrogens with one attached hydrogen (secondary N) is 1. The van der Waals surface area contributed by atoms with Gasteiger partial charge in [0.25, 0.3) is 11.6 Å². The van der Waals surface area contributed by atoms with Crippen molar-refractivity contribution in [3.63, 3.8) is 0 Å². The minimum absolute atomic E-state index is 0.0884. The van der Waals surface area contributed by atoms with E-state index in [1.807, 2.05) is 0 Å². The van der Waals surface area contributed by atoms with E-state index in [2.05, 4.69) is 5.32 Å². The summed E-state index contributed by atoms with van der Waals surface area (Å²) in [5.41, 5.74) is -0.141. The zero-order valence-electron chi connectivity index (χ0n) is 15.4. The third kappa shape index (κ3) is 4.87. The molecule has 0 aliphatic carbocycles. The van der Waals surface area contributed by atoms with Crippen LogP contribution in [-0.4, -0.2) is 44.7 Å². The molecular formula is C18H18N2O8. The molecule has 1 N–H and O–H groups in total. The number of hydrogen-bond donors (Lipinski definition) is 1. The van der Waals surface area contributed by atoms with E-state index < -0.39 is 23.4 Å². The van der Waals surface area contributed by atoms with Crippen LogP contribution < -0.4 is 19.5 Å². The maximum absolute atomic E-state index is 12.2. The van der Waals surface area contributed by atoms with Crippen LogP contribution in [0.5, 0.6) is 17.2 Å². The molecule has 0 heterocycles. The molecule has 2 aromatic rings. The fraction of sp³-hybridized carbons (Fsp3) is 0.222. The van der Waals surface area contributed by atoms with Crippen molar-refractivity contribution in [3.05, 3.63) is 52.1 Å². The molecule has 10 heteroatoms. The molecule has 0 saturated heterocycles. The van der Waals surface area contributed by atoms with Crippen molar-refractivity contribution in [2.24, 2.45) is 0 Å². The molecule has 0 bridgehead atoms. The lowest BCUT2D eigenvalue weighted by atomic mass is 10.2. The van der Waals surface area contributed by atoms with Gasteiger partial charge in [-0.05, 0) is 18.2 Å². The Morgan fingerprint density at radius 1 is 1.00 bits per heavy atom. The van der Waals surface area contributed by atoms with Crippen LogP contribution in [0.4, 0.5) is 11.4 Å². The second kappa shape index (κ2) is 9.21. The summed E-state index contributed by atoms with van der Waals surface area (Å²) in [4.78, 5) is 34.6. The first kappa shape index (κ1) is 20.5. The Morgan fingerprint density at radius 2 is 1.68 bits per heavy atom. The molecule has 10 nitrogen and oxygen atoms in total. The number of nitro benzene ring substituents is 1. The fourth-order valence-corrected chi connectivity index (χ4v) is 2.28. The summed E-state index contributed by atoms with van der Waals surface area (Å²) in [5, 5.41) is 13.4. The predicted molar refractivity (Wildman–Crippen MR) is 98.1 cm³/mol. The van der Waals surface area contributed by atoms with Crippen LogP contribution in [0.25, 0.3) is 0 Å². The first-order valence-electron chi connectivity index (χ1n) is 7.91. The Kier molecular flexibility index (Phi) is 6.74. The van der Waals surface area contributed by atoms with Crippen molar-refractivity contribution in [3.8, 4) is 17.2 Å². The first-order chi connectivity index (χ1) is 13.4. The number of ether oxygens (including phenoxy) is 4. The minimum Gasteiger partial charge on any atom is -0.497 e. The monoisotopic (exact) mass is 390 g/mol. The van der Waals surface area contributed by atoms with Crippen molar-refractivity contribution < 1.29 is 33.5 Å². The van der Waals surface area contributed by atoms with Gasteiger partial charge in [0.15, 0.2) is 6.61 Å². The topological polar surface area (TPSA) is 126 Å². The molecule has 0 aliphatic rings. The van der Waals surface area contributed by atoms with E-state index in [0.717, 1.165) is 6.07 Å². The van der Waals surface area contributed by atoms with Crippen molar-refractivity contribution >= 4 is 23.3 Å². The molecular weight excluding hydrogens is 372 g/mol. The van der Waals surface area contributed by atoms with Crippen molar-refractivity contribution in [1.82, 2.24) is 0 Å². The molecule has 2 rings (SSSR count). The molecule has 28 heavy (non-hydrogen) atoms. The molecule has 148 valence electrons. The molecule has 0 aromatic heterocycles. The lowest BCUT2D eigenvalue weighted by Gasteiger charge is -2.12. The van der Waals surface area contributed by atoms with Gasteiger partial charge in [0.05, 0.1) is 31.9 Å². The highest BCUT2D eigenvalue weighted by molar-refractivity contribution is 5.97. The van der Waals surface area contributed by atoms with Gasteiger partial charge >= 0.3 is 5.97 Å². The number of hydrogen-bond acceptors (Lipinski definition) is 8. The Bertz CT molecular complexity index is 897. The van der Waals surface area contributed by atoms with Crippen LogP contribution in [0.15, 0.2) is 36.4 Å². The average molecular weight is 390 g/mol. The van der Waals surface area contributed by atoms with E-state index in [1.165, 1.54) is 33.5 Å². The van der Waals surface area contributed by atoms with Gasteiger partial charge < -0.3 is 24.3 Å². The smallest absolute Gasteiger partial charge is 0.342 e. The summed E-state index contributed by atoms with van der Waals surface area (Å²) in [7, 11) is 4.22. The van der Waals surface area contributed by atoms with E-state index in [0.29, 0.717) is 17.2 Å². The van der Waals surface area contributed by atoms with Gasteiger partial charge in [0, 0.05) is 18.2 Å². The number of carbonyl (C=O) groups excluding carboxylic acids is 2. The summed E-state index contributed by atoms with van der Waals surface area (Å²) in [5.74, 6) is -0.599. The van der Waals surface area contributed by atoms with Gasteiger partial charge in [0.1, 0.15) is 22.8 Å². The second-order valence-electron chi connectivity index (χ2n) is 5.33. The number of non-ortho nitro benzene ring substituents is 1. The predicted octanol–water partition coefficient (Wildman–Crippen LogP) is 2.42. The van der Waals surface area contributed by atoms with Gasteiger partial charge in [0.2, 0.25) is 0 Å². The van der Waals surface area contributed by atoms with Crippen LogP contribution in [0, 0.1) is 10.1 Å². The number of esters is 1. The molecule has 2 aromatic carbocycles. The summed E-state index contributed by atoms with van der Waals surface area (Å²) in [6.07, 6.45) is 0. The zero-order valence-corrected chi connectivity index (χ0v) is 15.4. The zero-order chi connectivity index (χ0) is 20.7. The van der Waals surface area contributed by atoms with Crippen LogP contribution in [-0.2, 0) is 9.53 Å². The highest BCUT2D eigenvalue weighted by Gasteiger charge is 2.20. The molecule has 0 radical (unpaired) electrons. The standard InChI is InChI=1S/C18H18N2O8/c1-25-12-5-7-16(27-3)14(9-12)19-17(21)10-28-18(22)13-8-11(20(23)24)4-6-15(13)26-2/h4-9H,10H2,1-3H3,(H,19,21). The highest BCUT2D eigenvalue weighted by Crippen LogP contribution is 2.29. The Balaban J connectivity index is 2.08. The van der Waals surface area contributed by atoms with Crippen LogP contribution in [0.2, 0.25) is 0 Å². The number of nitrogens with zero attached hydrogens (tertiary/aromatic N) is 1. The lowest BCUT2D eigenvalue weighted by Crippen LogP contribution is -2.21. The maximum atomic E-state index is 12.2. The summed E-state index contributed by atoms with van der Waals surface area (Å²) >= 11 is 0. The highest BCUT2D eigenvalue weighted by atomic mass is 16.6. The molecule has 1 amide bonds. The SMILES string of the molecule is COc1ccc(OC)c(NC(=O)COC(=O)c2cc([N+](=O)[O-])ccc2OC)c1. The average Bonchev–Trinajstić information content (AvgIpc) is 2.71. The van der Waals surface area contributed by atoms with Gasteiger partial charge in [-0.1, -0.05) is 0 Å². The Hall–Kier alpha value is -3.82. The lowest BCUT2D eigenvalue weighted by molar-refractivity contribution is -0.384. The first-order valence-corrected chi connectivity index (χ1v) is 7.91. The number of amides is 1. The summed E-state index contributed by atoms with van der Waals surface area (Å²) in [6.45, 7) is -0.620. The molecule has 0 unspecified atom stereocenters. The van der Waals surface area contributed by atoms with Gasteiger partial charge in [-0.25, -0.2) is 4.79 Å². The fourth-order valence-electron chi connectivity index (χ4n) is 2.28. The van der Waals surface area contributed by atoms with E-state index in [4.69, 9.17) is 18.9 Å². The Labute approximate surface area is 160 Å². The number of anilines is 1. The van der Waals surface area contributed by atoms with Crippen LogP contribution in [0.3, 0.4) is 0 Å². The third-order valence-corrected chi connectivity index (χ3v) is 3.63. The number of nitro groups is 1. The van der Waals surface area contributed by atoms with Crippen LogP contribution >= 0.6 is 0 Å². The van der Waals surface area contributed by atoms with E-state index >= 15 is 0 Å². The van der Waals surface area contributed by atoms with Gasteiger partial charge in [-0.2, -0.15) is 0 Å². The van der Waals surface area contributed by atoms with E-state index in [-0.39, 0.29) is 17.0 Å². The van der Waals surface area contributed by atoms with Crippen molar-refractivity contribution in [1.29, 1.82) is 0 Å². The normalized spacial score (nSPS) is 9.96. The number of rotatable bonds is 8. The summed E-state index contributed by atoms with van der Waals surface area (Å²) in [6, 6.07) is 8.29. The number of carbonyl (C=O) groups is 2. The number of benzene rings is 2. The maximum Gasteiger partial charge on any atom is 0.342 e. The van der Waals surface area contributed by atoms with Gasteiger partial charge in [-0.15, -0.1) is 0 Å². The van der Waals surface area contributed by atoms with Gasteiger partial charge in [-0.3, -0.25) is 14.9 Å². The molecule has 0 atom stereocenters. The molecule has 0 saturated carbocycles. The molecule has 0 aliphatic heterocycles. The quantitative estimate of drug-likeness (QED) is 0.414. The van der Waals surface area contributed by atoms with E-state index in [9.17, 15) is 19.7 Å². The molecule has 0 fully saturated rings. The summed E-state index contributed by atoms with van der Waals surface area (Å²) < 4.78 is 20.2. The molecule has 0 spiro atoms. The Morgan fingerprint density at radius 3 is 2.29 bits per heavy atom. The van der Waals surface area contributed by atoms with Crippen LogP contribution in [0.1, 0.15) is 10.4 Å². The van der Waals surface area contributed by atoms with Crippen molar-refractivity contribution in [2.45, 2.75) is 0 Å².